The van der Waals surface area contributed by atoms with Crippen molar-refractivity contribution in [2.45, 2.75) is 44.3 Å². The molecule has 0 bridgehead atoms. The molecule has 0 radical (unpaired) electrons. The summed E-state index contributed by atoms with van der Waals surface area (Å²) in [6.07, 6.45) is -5.45. The Morgan fingerprint density at radius 3 is 2.15 bits per heavy atom. The van der Waals surface area contributed by atoms with Crippen molar-refractivity contribution in [3.8, 4) is 0 Å². The summed E-state index contributed by atoms with van der Waals surface area (Å²) in [5.74, 6) is -7.12. The number of hydrogen-bond donors (Lipinski definition) is 0. The number of hydrogen-bond acceptors (Lipinski definition) is 1. The highest BCUT2D eigenvalue weighted by Gasteiger charge is 2.47. The van der Waals surface area contributed by atoms with Crippen molar-refractivity contribution in [2.75, 3.05) is 0 Å². The van der Waals surface area contributed by atoms with E-state index in [1.165, 1.54) is 0 Å². The van der Waals surface area contributed by atoms with Gasteiger partial charge in [0.1, 0.15) is 11.3 Å². The maximum atomic E-state index is 13.1. The average molecular weight is 304 g/mol. The summed E-state index contributed by atoms with van der Waals surface area (Å²) in [6.45, 7) is 0.0845. The van der Waals surface area contributed by atoms with Crippen LogP contribution in [0, 0.1) is 5.92 Å². The van der Waals surface area contributed by atoms with E-state index in [4.69, 9.17) is 0 Å². The molecule has 1 fully saturated rings. The first-order valence-corrected chi connectivity index (χ1v) is 5.79. The lowest BCUT2D eigenvalue weighted by Crippen LogP contribution is -2.37. The zero-order valence-electron chi connectivity index (χ0n) is 10.3. The van der Waals surface area contributed by atoms with Crippen molar-refractivity contribution in [3.05, 3.63) is 17.5 Å². The van der Waals surface area contributed by atoms with Crippen molar-refractivity contribution < 1.29 is 30.7 Å². The molecule has 1 aromatic heterocycles. The zero-order valence-corrected chi connectivity index (χ0v) is 10.3. The van der Waals surface area contributed by atoms with Crippen LogP contribution in [0.25, 0.3) is 0 Å². The molecule has 2 rings (SSSR count). The van der Waals surface area contributed by atoms with Gasteiger partial charge in [-0.25, -0.2) is 8.78 Å². The van der Waals surface area contributed by atoms with E-state index in [0.29, 0.717) is 17.8 Å². The molecular formula is C11H11F7N2. The lowest BCUT2D eigenvalue weighted by atomic mass is 9.81. The monoisotopic (exact) mass is 304 g/mol. The largest absolute Gasteiger partial charge is 0.419 e. The number of nitrogens with zero attached hydrogens (tertiary/aromatic N) is 2. The van der Waals surface area contributed by atoms with Crippen LogP contribution < -0.4 is 0 Å². The first-order valence-electron chi connectivity index (χ1n) is 5.79. The van der Waals surface area contributed by atoms with E-state index in [2.05, 4.69) is 5.10 Å². The number of halogens is 7. The van der Waals surface area contributed by atoms with E-state index in [9.17, 15) is 30.7 Å². The third-order valence-corrected chi connectivity index (χ3v) is 3.10. The molecule has 0 unspecified atom stereocenters. The second-order valence-corrected chi connectivity index (χ2v) is 5.13. The van der Waals surface area contributed by atoms with E-state index in [1.54, 1.807) is 0 Å². The fourth-order valence-electron chi connectivity index (χ4n) is 2.23. The first-order chi connectivity index (χ1) is 8.88. The Morgan fingerprint density at radius 2 is 1.80 bits per heavy atom. The molecule has 0 aliphatic heterocycles. The Hall–Kier alpha value is -1.28. The standard InChI is InChI=1S/C11H11F7N2/c1-9(12,13)8-7(11(16,17)18)5-20(19-8)4-6-2-10(14,15)3-6/h5-6H,2-4H2,1H3. The van der Waals surface area contributed by atoms with E-state index >= 15 is 0 Å². The van der Waals surface area contributed by atoms with Gasteiger partial charge in [0.05, 0.1) is 0 Å². The van der Waals surface area contributed by atoms with Gasteiger partial charge in [0.2, 0.25) is 5.92 Å². The highest BCUT2D eigenvalue weighted by molar-refractivity contribution is 5.24. The molecule has 9 heteroatoms. The smallest absolute Gasteiger partial charge is 0.271 e. The van der Waals surface area contributed by atoms with Crippen molar-refractivity contribution >= 4 is 0 Å². The topological polar surface area (TPSA) is 17.8 Å². The van der Waals surface area contributed by atoms with Crippen molar-refractivity contribution in [1.29, 1.82) is 0 Å². The minimum Gasteiger partial charge on any atom is -0.271 e. The quantitative estimate of drug-likeness (QED) is 0.770. The van der Waals surface area contributed by atoms with Crippen LogP contribution in [0.2, 0.25) is 0 Å². The van der Waals surface area contributed by atoms with Gasteiger partial charge in [-0.1, -0.05) is 0 Å². The molecule has 20 heavy (non-hydrogen) atoms. The summed E-state index contributed by atoms with van der Waals surface area (Å²) in [6, 6.07) is 0. The van der Waals surface area contributed by atoms with Gasteiger partial charge in [-0.3, -0.25) is 4.68 Å². The van der Waals surface area contributed by atoms with E-state index in [0.717, 1.165) is 0 Å². The molecule has 0 saturated heterocycles. The molecule has 1 heterocycles. The Balaban J connectivity index is 2.22. The Labute approximate surface area is 109 Å². The minimum atomic E-state index is -4.96. The molecule has 2 nitrogen and oxygen atoms in total. The van der Waals surface area contributed by atoms with Gasteiger partial charge in [0.15, 0.2) is 0 Å². The predicted octanol–water partition coefficient (Wildman–Crippen LogP) is 4.06. The van der Waals surface area contributed by atoms with E-state index in [-0.39, 0.29) is 6.54 Å². The first kappa shape index (κ1) is 15.1. The van der Waals surface area contributed by atoms with Gasteiger partial charge in [-0.15, -0.1) is 0 Å². The fraction of sp³-hybridized carbons (Fsp3) is 0.727. The normalized spacial score (nSPS) is 20.0. The average Bonchev–Trinajstić information content (AvgIpc) is 2.57. The SMILES string of the molecule is CC(F)(F)c1nn(CC2CC(F)(F)C2)cc1C(F)(F)F. The van der Waals surface area contributed by atoms with Crippen LogP contribution in [0.5, 0.6) is 0 Å². The molecule has 1 saturated carbocycles. The molecule has 0 atom stereocenters. The minimum absolute atomic E-state index is 0.227. The van der Waals surface area contributed by atoms with Gasteiger partial charge in [0.25, 0.3) is 5.92 Å². The van der Waals surface area contributed by atoms with Crippen LogP contribution in [0.15, 0.2) is 6.20 Å². The van der Waals surface area contributed by atoms with Crippen molar-refractivity contribution in [1.82, 2.24) is 9.78 Å². The van der Waals surface area contributed by atoms with Crippen molar-refractivity contribution in [3.63, 3.8) is 0 Å². The number of aromatic nitrogens is 2. The van der Waals surface area contributed by atoms with Gasteiger partial charge in [-0.05, 0) is 5.92 Å². The highest BCUT2D eigenvalue weighted by atomic mass is 19.4. The fourth-order valence-corrected chi connectivity index (χ4v) is 2.23. The molecule has 0 amide bonds. The Morgan fingerprint density at radius 1 is 1.25 bits per heavy atom. The van der Waals surface area contributed by atoms with Gasteiger partial charge < -0.3 is 0 Å². The molecule has 0 N–H and O–H groups in total. The van der Waals surface area contributed by atoms with Crippen LogP contribution in [0.1, 0.15) is 31.0 Å². The van der Waals surface area contributed by atoms with Crippen LogP contribution in [0.3, 0.4) is 0 Å². The van der Waals surface area contributed by atoms with Crippen LogP contribution in [-0.4, -0.2) is 15.7 Å². The Kier molecular flexibility index (Phi) is 3.29. The number of alkyl halides is 7. The highest BCUT2D eigenvalue weighted by Crippen LogP contribution is 2.44. The lowest BCUT2D eigenvalue weighted by molar-refractivity contribution is -0.141. The molecule has 1 aliphatic carbocycles. The molecule has 0 spiro atoms. The molecular weight excluding hydrogens is 293 g/mol. The van der Waals surface area contributed by atoms with Crippen LogP contribution >= 0.6 is 0 Å². The second kappa shape index (κ2) is 4.36. The summed E-state index contributed by atoms with van der Waals surface area (Å²) >= 11 is 0. The molecule has 0 aromatic carbocycles. The summed E-state index contributed by atoms with van der Waals surface area (Å²) < 4.78 is 90.1. The Bertz CT molecular complexity index is 458. The third-order valence-electron chi connectivity index (χ3n) is 3.10. The lowest BCUT2D eigenvalue weighted by Gasteiger charge is -2.34. The van der Waals surface area contributed by atoms with E-state index in [1.807, 2.05) is 0 Å². The van der Waals surface area contributed by atoms with Crippen molar-refractivity contribution in [2.24, 2.45) is 5.92 Å². The maximum Gasteiger partial charge on any atom is 0.419 e. The summed E-state index contributed by atoms with van der Waals surface area (Å²) in [5.41, 5.74) is -2.91. The third kappa shape index (κ3) is 3.06. The van der Waals surface area contributed by atoms with E-state index < -0.39 is 48.0 Å². The maximum absolute atomic E-state index is 13.1. The van der Waals surface area contributed by atoms with Crippen LogP contribution in [-0.2, 0) is 18.6 Å². The van der Waals surface area contributed by atoms with Gasteiger partial charge >= 0.3 is 6.18 Å². The number of rotatable bonds is 3. The second-order valence-electron chi connectivity index (χ2n) is 5.13. The summed E-state index contributed by atoms with van der Waals surface area (Å²) in [4.78, 5) is 0. The molecule has 1 aliphatic rings. The summed E-state index contributed by atoms with van der Waals surface area (Å²) in [7, 11) is 0. The van der Waals surface area contributed by atoms with Gasteiger partial charge in [0, 0.05) is 32.5 Å². The molecule has 1 aromatic rings. The summed E-state index contributed by atoms with van der Waals surface area (Å²) in [5, 5.41) is 3.22. The zero-order chi connectivity index (χ0) is 15.3. The molecule has 114 valence electrons. The van der Waals surface area contributed by atoms with Gasteiger partial charge in [-0.2, -0.15) is 27.1 Å². The van der Waals surface area contributed by atoms with Crippen LogP contribution in [0.4, 0.5) is 30.7 Å². The predicted molar refractivity (Wildman–Crippen MR) is 54.5 cm³/mol.